The molecule has 1 N–H and O–H groups in total. The van der Waals surface area contributed by atoms with Crippen LogP contribution in [-0.4, -0.2) is 22.1 Å². The number of benzene rings is 2. The van der Waals surface area contributed by atoms with Crippen LogP contribution in [-0.2, 0) is 16.7 Å². The van der Waals surface area contributed by atoms with E-state index < -0.39 is 5.97 Å². The predicted molar refractivity (Wildman–Crippen MR) is 145 cm³/mol. The zero-order valence-electron chi connectivity index (χ0n) is 21.5. The number of aromatic nitrogens is 2. The molecule has 0 saturated heterocycles. The number of fused-ring (bicyclic) bond motifs is 2. The number of hydrogen-bond acceptors (Lipinski definition) is 4. The van der Waals surface area contributed by atoms with Gasteiger partial charge in [-0.2, -0.15) is 0 Å². The van der Waals surface area contributed by atoms with Crippen LogP contribution in [0.5, 0.6) is 0 Å². The topological polar surface area (TPSA) is 56.1 Å². The van der Waals surface area contributed by atoms with Gasteiger partial charge in [-0.25, -0.2) is 9.78 Å². The van der Waals surface area contributed by atoms with Gasteiger partial charge in [0.1, 0.15) is 0 Å². The maximum atomic E-state index is 12.1. The van der Waals surface area contributed by atoms with Crippen LogP contribution in [0.4, 0.5) is 11.4 Å². The minimum Gasteiger partial charge on any atom is -0.460 e. The van der Waals surface area contributed by atoms with Gasteiger partial charge in [-0.1, -0.05) is 43.6 Å². The molecule has 1 heterocycles. The number of carbonyl (C=O) groups is 1. The number of nitrogens with zero attached hydrogens (tertiary/aromatic N) is 2. The summed E-state index contributed by atoms with van der Waals surface area (Å²) in [5.41, 5.74) is 4.54. The van der Waals surface area contributed by atoms with Gasteiger partial charge in [0.05, 0.1) is 17.3 Å². The van der Waals surface area contributed by atoms with Crippen molar-refractivity contribution in [1.82, 2.24) is 9.55 Å². The molecule has 0 aliphatic heterocycles. The molecule has 2 aliphatic carbocycles. The smallest absolute Gasteiger partial charge is 0.374 e. The van der Waals surface area contributed by atoms with E-state index in [-0.39, 0.29) is 5.41 Å². The van der Waals surface area contributed by atoms with Crippen molar-refractivity contribution in [3.05, 3.63) is 76.8 Å². The first-order valence-corrected chi connectivity index (χ1v) is 13.5. The molecular formula is C30H36ClN3O2. The van der Waals surface area contributed by atoms with Crippen molar-refractivity contribution >= 4 is 28.9 Å². The van der Waals surface area contributed by atoms with Crippen molar-refractivity contribution in [2.75, 3.05) is 11.9 Å². The van der Waals surface area contributed by atoms with Crippen LogP contribution in [0.1, 0.15) is 74.6 Å². The Morgan fingerprint density at radius 1 is 1.14 bits per heavy atom. The predicted octanol–water partition coefficient (Wildman–Crippen LogP) is 7.61. The van der Waals surface area contributed by atoms with Gasteiger partial charge >= 0.3 is 5.97 Å². The summed E-state index contributed by atoms with van der Waals surface area (Å²) in [5, 5.41) is 4.23. The van der Waals surface area contributed by atoms with Crippen molar-refractivity contribution in [3.8, 4) is 0 Å². The highest BCUT2D eigenvalue weighted by Gasteiger charge is 2.41. The van der Waals surface area contributed by atoms with Crippen LogP contribution in [0.15, 0.2) is 54.9 Å². The maximum Gasteiger partial charge on any atom is 0.374 e. The fraction of sp³-hybridized carbons (Fsp3) is 0.467. The summed E-state index contributed by atoms with van der Waals surface area (Å²) in [7, 11) is 0. The van der Waals surface area contributed by atoms with Crippen LogP contribution in [0.3, 0.4) is 0 Å². The number of ether oxygens (including phenoxy) is 1. The van der Waals surface area contributed by atoms with Crippen molar-refractivity contribution in [2.45, 2.75) is 64.8 Å². The Kier molecular flexibility index (Phi) is 7.11. The zero-order chi connectivity index (χ0) is 25.3. The molecular weight excluding hydrogens is 470 g/mol. The number of hydrogen-bond donors (Lipinski definition) is 1. The standard InChI is InChI=1S/C30H36ClN3O2/c1-4-36-29(35)28-32-11-12-34(28)19-21-5-8-25(9-6-21)33-27-10-7-24(16-26(27)31)30(3)17-22-13-20(2)14-23(15-22)18-30/h5-12,16,20,22-23,33H,4,13-15,17-19H2,1-3H3. The Balaban J connectivity index is 1.25. The van der Waals surface area contributed by atoms with E-state index in [1.807, 2.05) is 24.3 Å². The van der Waals surface area contributed by atoms with Gasteiger partial charge in [0.2, 0.25) is 5.82 Å². The minimum absolute atomic E-state index is 0.216. The highest BCUT2D eigenvalue weighted by molar-refractivity contribution is 6.33. The minimum atomic E-state index is -0.404. The van der Waals surface area contributed by atoms with E-state index in [0.29, 0.717) is 19.0 Å². The van der Waals surface area contributed by atoms with E-state index in [0.717, 1.165) is 39.7 Å². The Bertz CT molecular complexity index is 1200. The summed E-state index contributed by atoms with van der Waals surface area (Å²) in [6.45, 7) is 7.52. The molecule has 36 heavy (non-hydrogen) atoms. The van der Waals surface area contributed by atoms with Gasteiger partial charge in [0, 0.05) is 24.6 Å². The van der Waals surface area contributed by atoms with E-state index >= 15 is 0 Å². The van der Waals surface area contributed by atoms with Crippen molar-refractivity contribution in [3.63, 3.8) is 0 Å². The highest BCUT2D eigenvalue weighted by atomic mass is 35.5. The summed E-state index contributed by atoms with van der Waals surface area (Å²) in [6, 6.07) is 14.7. The normalized spacial score (nSPS) is 25.4. The van der Waals surface area contributed by atoms with Crippen molar-refractivity contribution < 1.29 is 9.53 Å². The lowest BCUT2D eigenvalue weighted by atomic mass is 9.57. The fourth-order valence-electron chi connectivity index (χ4n) is 6.68. The van der Waals surface area contributed by atoms with Crippen LogP contribution in [0, 0.1) is 17.8 Å². The van der Waals surface area contributed by atoms with Gasteiger partial charge in [-0.3, -0.25) is 0 Å². The lowest BCUT2D eigenvalue weighted by Crippen LogP contribution is -2.38. The summed E-state index contributed by atoms with van der Waals surface area (Å²) >= 11 is 6.79. The first-order chi connectivity index (χ1) is 17.3. The lowest BCUT2D eigenvalue weighted by molar-refractivity contribution is 0.0507. The second kappa shape index (κ2) is 10.3. The molecule has 0 amide bonds. The fourth-order valence-corrected chi connectivity index (χ4v) is 6.91. The molecule has 2 fully saturated rings. The van der Waals surface area contributed by atoms with E-state index in [1.165, 1.54) is 37.7 Å². The molecule has 5 nitrogen and oxygen atoms in total. The summed E-state index contributed by atoms with van der Waals surface area (Å²) < 4.78 is 6.90. The van der Waals surface area contributed by atoms with Gasteiger partial charge in [-0.05, 0) is 97.6 Å². The summed E-state index contributed by atoms with van der Waals surface area (Å²) in [6.07, 6.45) is 10.1. The number of esters is 1. The molecule has 190 valence electrons. The molecule has 5 rings (SSSR count). The maximum absolute atomic E-state index is 12.1. The highest BCUT2D eigenvalue weighted by Crippen LogP contribution is 2.51. The SMILES string of the molecule is CCOC(=O)c1nccn1Cc1ccc(Nc2ccc(C3(C)CC4CC(C)CC(C4)C3)cc2Cl)cc1. The molecule has 2 aromatic carbocycles. The summed E-state index contributed by atoms with van der Waals surface area (Å²) in [4.78, 5) is 16.2. The molecule has 2 aliphatic rings. The number of anilines is 2. The second-order valence-electron chi connectivity index (χ2n) is 11.1. The average molecular weight is 506 g/mol. The van der Waals surface area contributed by atoms with Gasteiger partial charge < -0.3 is 14.6 Å². The first-order valence-electron chi connectivity index (χ1n) is 13.2. The second-order valence-corrected chi connectivity index (χ2v) is 11.5. The van der Waals surface area contributed by atoms with Crippen LogP contribution < -0.4 is 5.32 Å². The van der Waals surface area contributed by atoms with Crippen LogP contribution in [0.25, 0.3) is 0 Å². The molecule has 2 atom stereocenters. The largest absolute Gasteiger partial charge is 0.460 e. The number of rotatable bonds is 7. The van der Waals surface area contributed by atoms with Crippen LogP contribution in [0.2, 0.25) is 5.02 Å². The Labute approximate surface area is 219 Å². The number of halogens is 1. The molecule has 0 spiro atoms. The summed E-state index contributed by atoms with van der Waals surface area (Å²) in [5.74, 6) is 2.49. The third kappa shape index (κ3) is 5.31. The van der Waals surface area contributed by atoms with E-state index in [9.17, 15) is 4.79 Å². The Morgan fingerprint density at radius 3 is 2.53 bits per heavy atom. The molecule has 2 bridgehead atoms. The third-order valence-electron chi connectivity index (χ3n) is 8.04. The van der Waals surface area contributed by atoms with E-state index in [4.69, 9.17) is 16.3 Å². The monoisotopic (exact) mass is 505 g/mol. The molecule has 0 radical (unpaired) electrons. The molecule has 3 aromatic rings. The van der Waals surface area contributed by atoms with Crippen LogP contribution >= 0.6 is 11.6 Å². The van der Waals surface area contributed by atoms with Gasteiger partial charge in [-0.15, -0.1) is 0 Å². The quantitative estimate of drug-likeness (QED) is 0.336. The molecule has 2 unspecified atom stereocenters. The molecule has 6 heteroatoms. The first kappa shape index (κ1) is 24.9. The Hall–Kier alpha value is -2.79. The van der Waals surface area contributed by atoms with E-state index in [2.05, 4.69) is 42.3 Å². The number of imidazole rings is 1. The number of nitrogens with one attached hydrogen (secondary N) is 1. The van der Waals surface area contributed by atoms with Gasteiger partial charge in [0.15, 0.2) is 0 Å². The zero-order valence-corrected chi connectivity index (χ0v) is 22.2. The molecule has 2 saturated carbocycles. The average Bonchev–Trinajstić information content (AvgIpc) is 3.29. The van der Waals surface area contributed by atoms with E-state index in [1.54, 1.807) is 23.9 Å². The third-order valence-corrected chi connectivity index (χ3v) is 8.35. The van der Waals surface area contributed by atoms with Crippen molar-refractivity contribution in [1.29, 1.82) is 0 Å². The van der Waals surface area contributed by atoms with Gasteiger partial charge in [0.25, 0.3) is 0 Å². The Morgan fingerprint density at radius 2 is 1.86 bits per heavy atom. The lowest BCUT2D eigenvalue weighted by Gasteiger charge is -2.47. The molecule has 1 aromatic heterocycles. The number of carbonyl (C=O) groups excluding carboxylic acids is 1. The van der Waals surface area contributed by atoms with Crippen molar-refractivity contribution in [2.24, 2.45) is 17.8 Å².